The lowest BCUT2D eigenvalue weighted by Gasteiger charge is -2.02. The molecule has 3 N–H and O–H groups in total. The van der Waals surface area contributed by atoms with Crippen molar-refractivity contribution in [2.75, 3.05) is 18.5 Å². The highest BCUT2D eigenvalue weighted by molar-refractivity contribution is 6.99. The van der Waals surface area contributed by atoms with Crippen molar-refractivity contribution in [2.45, 2.75) is 6.42 Å². The molecule has 0 radical (unpaired) electrons. The van der Waals surface area contributed by atoms with Gasteiger partial charge in [-0.2, -0.15) is 8.75 Å². The first-order chi connectivity index (χ1) is 6.33. The first-order valence-corrected chi connectivity index (χ1v) is 4.49. The highest BCUT2D eigenvalue weighted by Gasteiger charge is 2.01. The molecule has 0 saturated heterocycles. The molecule has 0 aliphatic rings. The van der Waals surface area contributed by atoms with E-state index in [1.165, 1.54) is 6.20 Å². The molecule has 0 aliphatic heterocycles. The third-order valence-electron chi connectivity index (χ3n) is 1.22. The summed E-state index contributed by atoms with van der Waals surface area (Å²) in [6.07, 6.45) is 2.01. The fourth-order valence-electron chi connectivity index (χ4n) is 0.661. The molecule has 13 heavy (non-hydrogen) atoms. The van der Waals surface area contributed by atoms with E-state index < -0.39 is 0 Å². The Bertz CT molecular complexity index is 251. The van der Waals surface area contributed by atoms with Crippen LogP contribution in [0.25, 0.3) is 0 Å². The van der Waals surface area contributed by atoms with Gasteiger partial charge in [-0.1, -0.05) is 0 Å². The molecule has 0 unspecified atom stereocenters. The number of hydrogen-bond donors (Lipinski definition) is 3. The first kappa shape index (κ1) is 9.87. The van der Waals surface area contributed by atoms with Crippen molar-refractivity contribution >= 4 is 23.6 Å². The van der Waals surface area contributed by atoms with Gasteiger partial charge in [0.25, 0.3) is 0 Å². The zero-order valence-electron chi connectivity index (χ0n) is 6.86. The van der Waals surface area contributed by atoms with Crippen LogP contribution in [-0.2, 0) is 0 Å². The van der Waals surface area contributed by atoms with E-state index in [2.05, 4.69) is 19.4 Å². The Morgan fingerprint density at radius 1 is 1.69 bits per heavy atom. The largest absolute Gasteiger partial charge is 0.396 e. The van der Waals surface area contributed by atoms with Gasteiger partial charge in [0.1, 0.15) is 0 Å². The van der Waals surface area contributed by atoms with E-state index in [1.807, 2.05) is 0 Å². The Morgan fingerprint density at radius 3 is 3.15 bits per heavy atom. The molecule has 72 valence electrons. The summed E-state index contributed by atoms with van der Waals surface area (Å²) in [6.45, 7) is 0.512. The van der Waals surface area contributed by atoms with Crippen LogP contribution >= 0.6 is 11.7 Å². The molecule has 1 aromatic rings. The topological polar surface area (TPSA) is 87.1 Å². The molecule has 2 amide bonds. The van der Waals surface area contributed by atoms with Gasteiger partial charge < -0.3 is 10.4 Å². The maximum atomic E-state index is 11.0. The standard InChI is InChI=1S/C6H10N4O2S/c11-3-1-2-7-6(12)9-5-4-8-13-10-5/h4,11H,1-3H2,(H2,7,9,10,12). The summed E-state index contributed by atoms with van der Waals surface area (Å²) in [4.78, 5) is 11.0. The van der Waals surface area contributed by atoms with Crippen LogP contribution < -0.4 is 10.6 Å². The zero-order valence-corrected chi connectivity index (χ0v) is 7.67. The molecule has 0 bridgehead atoms. The molecule has 0 atom stereocenters. The number of aliphatic hydroxyl groups excluding tert-OH is 1. The average Bonchev–Trinajstić information content (AvgIpc) is 2.57. The maximum Gasteiger partial charge on any atom is 0.320 e. The summed E-state index contributed by atoms with van der Waals surface area (Å²) < 4.78 is 7.51. The molecule has 0 fully saturated rings. The summed E-state index contributed by atoms with van der Waals surface area (Å²) >= 11 is 1.03. The third kappa shape index (κ3) is 3.81. The number of aromatic nitrogens is 2. The fourth-order valence-corrected chi connectivity index (χ4v) is 1.04. The van der Waals surface area contributed by atoms with E-state index in [0.29, 0.717) is 18.8 Å². The van der Waals surface area contributed by atoms with Gasteiger partial charge in [0.05, 0.1) is 17.9 Å². The molecule has 0 aliphatic carbocycles. The summed E-state index contributed by atoms with van der Waals surface area (Å²) in [5.41, 5.74) is 0. The lowest BCUT2D eigenvalue weighted by molar-refractivity contribution is 0.249. The normalized spacial score (nSPS) is 9.62. The van der Waals surface area contributed by atoms with Crippen LogP contribution in [-0.4, -0.2) is 33.0 Å². The number of nitrogens with zero attached hydrogens (tertiary/aromatic N) is 2. The van der Waals surface area contributed by atoms with Crippen LogP contribution in [0.1, 0.15) is 6.42 Å². The van der Waals surface area contributed by atoms with Crippen LogP contribution in [0.4, 0.5) is 10.6 Å². The number of aliphatic hydroxyl groups is 1. The van der Waals surface area contributed by atoms with Gasteiger partial charge in [0.15, 0.2) is 5.82 Å². The molecule has 7 heteroatoms. The molecule has 0 aromatic carbocycles. The van der Waals surface area contributed by atoms with Crippen LogP contribution in [0.5, 0.6) is 0 Å². The highest BCUT2D eigenvalue weighted by atomic mass is 32.1. The minimum absolute atomic E-state index is 0.0680. The third-order valence-corrected chi connectivity index (χ3v) is 1.70. The monoisotopic (exact) mass is 202 g/mol. The smallest absolute Gasteiger partial charge is 0.320 e. The number of hydrogen-bond acceptors (Lipinski definition) is 5. The van der Waals surface area contributed by atoms with E-state index >= 15 is 0 Å². The molecular weight excluding hydrogens is 192 g/mol. The van der Waals surface area contributed by atoms with Crippen LogP contribution in [0.2, 0.25) is 0 Å². The number of carbonyl (C=O) groups excluding carboxylic acids is 1. The predicted octanol–water partition coefficient (Wildman–Crippen LogP) is 0.0420. The van der Waals surface area contributed by atoms with E-state index in [-0.39, 0.29) is 12.6 Å². The molecule has 1 rings (SSSR count). The maximum absolute atomic E-state index is 11.0. The van der Waals surface area contributed by atoms with E-state index in [9.17, 15) is 4.79 Å². The van der Waals surface area contributed by atoms with Gasteiger partial charge >= 0.3 is 6.03 Å². The second-order valence-electron chi connectivity index (χ2n) is 2.25. The van der Waals surface area contributed by atoms with Crippen molar-refractivity contribution in [2.24, 2.45) is 0 Å². The van der Waals surface area contributed by atoms with Crippen molar-refractivity contribution in [1.29, 1.82) is 0 Å². The van der Waals surface area contributed by atoms with Gasteiger partial charge in [-0.05, 0) is 6.42 Å². The number of urea groups is 1. The lowest BCUT2D eigenvalue weighted by atomic mass is 10.4. The van der Waals surface area contributed by atoms with Crippen molar-refractivity contribution in [3.05, 3.63) is 6.20 Å². The number of anilines is 1. The van der Waals surface area contributed by atoms with Gasteiger partial charge in [-0.25, -0.2) is 4.79 Å². The second-order valence-corrected chi connectivity index (χ2v) is 2.81. The SMILES string of the molecule is O=C(NCCCO)Nc1cnsn1. The Balaban J connectivity index is 2.18. The minimum atomic E-state index is -0.332. The Morgan fingerprint density at radius 2 is 2.54 bits per heavy atom. The average molecular weight is 202 g/mol. The Hall–Kier alpha value is -1.21. The summed E-state index contributed by atoms with van der Waals surface area (Å²) in [7, 11) is 0. The molecule has 0 spiro atoms. The molecular formula is C6H10N4O2S. The Labute approximate surface area is 79.3 Å². The summed E-state index contributed by atoms with van der Waals surface area (Å²) in [5, 5.41) is 13.5. The minimum Gasteiger partial charge on any atom is -0.396 e. The van der Waals surface area contributed by atoms with Crippen LogP contribution in [0.3, 0.4) is 0 Å². The fraction of sp³-hybridized carbons (Fsp3) is 0.500. The number of amides is 2. The lowest BCUT2D eigenvalue weighted by Crippen LogP contribution is -2.29. The number of rotatable bonds is 4. The molecule has 6 nitrogen and oxygen atoms in total. The first-order valence-electron chi connectivity index (χ1n) is 3.76. The summed E-state index contributed by atoms with van der Waals surface area (Å²) in [5.74, 6) is 0.437. The Kier molecular flexibility index (Phi) is 4.13. The zero-order chi connectivity index (χ0) is 9.52. The van der Waals surface area contributed by atoms with Gasteiger partial charge in [-0.3, -0.25) is 5.32 Å². The highest BCUT2D eigenvalue weighted by Crippen LogP contribution is 2.00. The van der Waals surface area contributed by atoms with E-state index in [0.717, 1.165) is 11.7 Å². The van der Waals surface area contributed by atoms with Gasteiger partial charge in [0, 0.05) is 13.2 Å². The van der Waals surface area contributed by atoms with Gasteiger partial charge in [-0.15, -0.1) is 0 Å². The molecule has 1 aromatic heterocycles. The van der Waals surface area contributed by atoms with Crippen molar-refractivity contribution in [1.82, 2.24) is 14.1 Å². The number of nitrogens with one attached hydrogen (secondary N) is 2. The van der Waals surface area contributed by atoms with Crippen molar-refractivity contribution in [3.63, 3.8) is 0 Å². The summed E-state index contributed by atoms with van der Waals surface area (Å²) in [6, 6.07) is -0.332. The molecule has 1 heterocycles. The predicted molar refractivity (Wildman–Crippen MR) is 48.6 cm³/mol. The van der Waals surface area contributed by atoms with Gasteiger partial charge in [0.2, 0.25) is 0 Å². The second kappa shape index (κ2) is 5.44. The molecule has 0 saturated carbocycles. The van der Waals surface area contributed by atoms with Crippen molar-refractivity contribution < 1.29 is 9.90 Å². The van der Waals surface area contributed by atoms with E-state index in [1.54, 1.807) is 0 Å². The van der Waals surface area contributed by atoms with E-state index in [4.69, 9.17) is 5.11 Å². The van der Waals surface area contributed by atoms with Crippen LogP contribution in [0, 0.1) is 0 Å². The van der Waals surface area contributed by atoms with Crippen molar-refractivity contribution in [3.8, 4) is 0 Å². The quantitative estimate of drug-likeness (QED) is 0.602. The van der Waals surface area contributed by atoms with Crippen LogP contribution in [0.15, 0.2) is 6.20 Å². The number of carbonyl (C=O) groups is 1.